The van der Waals surface area contributed by atoms with E-state index in [1.165, 1.54) is 7.11 Å². The van der Waals surface area contributed by atoms with Crippen LogP contribution in [0.4, 0.5) is 0 Å². The summed E-state index contributed by atoms with van der Waals surface area (Å²) < 4.78 is 10.6. The Labute approximate surface area is 151 Å². The summed E-state index contributed by atoms with van der Waals surface area (Å²) in [5, 5.41) is 0.293. The summed E-state index contributed by atoms with van der Waals surface area (Å²) >= 11 is 5.17. The number of carbonyl (C=O) groups is 1. The molecule has 0 heterocycles. The lowest BCUT2D eigenvalue weighted by atomic mass is 9.72. The second kappa shape index (κ2) is 7.51. The maximum absolute atomic E-state index is 12.2. The summed E-state index contributed by atoms with van der Waals surface area (Å²) in [6.07, 6.45) is 0.983. The maximum Gasteiger partial charge on any atom is 0.341 e. The lowest BCUT2D eigenvalue weighted by molar-refractivity contribution is 0.0598. The number of benzene rings is 1. The number of methoxy groups -OCH3 is 1. The van der Waals surface area contributed by atoms with Gasteiger partial charge in [-0.15, -0.1) is 0 Å². The van der Waals surface area contributed by atoms with Crippen LogP contribution in [0.1, 0.15) is 57.0 Å². The second-order valence-electron chi connectivity index (χ2n) is 8.09. The highest BCUT2D eigenvalue weighted by molar-refractivity contribution is 7.80. The quantitative estimate of drug-likeness (QED) is 0.593. The van der Waals surface area contributed by atoms with Gasteiger partial charge in [0.1, 0.15) is 11.3 Å². The van der Waals surface area contributed by atoms with E-state index in [9.17, 15) is 4.79 Å². The van der Waals surface area contributed by atoms with Crippen LogP contribution in [0.2, 0.25) is 0 Å². The van der Waals surface area contributed by atoms with Crippen LogP contribution >= 0.6 is 12.2 Å². The van der Waals surface area contributed by atoms with E-state index in [4.69, 9.17) is 21.7 Å². The first-order valence-corrected chi connectivity index (χ1v) is 8.40. The number of nitrogens with zero attached hydrogens (tertiary/aromatic N) is 1. The van der Waals surface area contributed by atoms with Crippen molar-refractivity contribution < 1.29 is 14.3 Å². The van der Waals surface area contributed by atoms with Crippen LogP contribution in [-0.4, -0.2) is 37.2 Å². The van der Waals surface area contributed by atoms with Gasteiger partial charge in [0, 0.05) is 14.1 Å². The van der Waals surface area contributed by atoms with Crippen LogP contribution < -0.4 is 4.74 Å². The highest BCUT2D eigenvalue weighted by Crippen LogP contribution is 2.37. The van der Waals surface area contributed by atoms with Gasteiger partial charge in [-0.3, -0.25) is 0 Å². The predicted octanol–water partition coefficient (Wildman–Crippen LogP) is 4.41. The molecule has 0 aliphatic heterocycles. The van der Waals surface area contributed by atoms with E-state index >= 15 is 0 Å². The molecule has 0 fully saturated rings. The van der Waals surface area contributed by atoms with Crippen LogP contribution in [0.5, 0.6) is 5.75 Å². The molecule has 5 heteroatoms. The molecule has 0 spiro atoms. The number of rotatable bonds is 4. The summed E-state index contributed by atoms with van der Waals surface area (Å²) in [6, 6.07) is 5.64. The average molecular weight is 352 g/mol. The number of ether oxygens (including phenoxy) is 2. The molecule has 0 aliphatic carbocycles. The predicted molar refractivity (Wildman–Crippen MR) is 102 cm³/mol. The first-order chi connectivity index (χ1) is 10.9. The van der Waals surface area contributed by atoms with Gasteiger partial charge in [-0.25, -0.2) is 4.79 Å². The van der Waals surface area contributed by atoms with Gasteiger partial charge < -0.3 is 14.4 Å². The monoisotopic (exact) mass is 351 g/mol. The zero-order chi connectivity index (χ0) is 18.7. The Bertz CT molecular complexity index is 616. The Hall–Kier alpha value is -1.62. The fourth-order valence-corrected chi connectivity index (χ4v) is 3.01. The topological polar surface area (TPSA) is 38.8 Å². The molecule has 0 saturated carbocycles. The minimum atomic E-state index is -0.431. The molecule has 0 atom stereocenters. The minimum absolute atomic E-state index is 0.0817. The van der Waals surface area contributed by atoms with Crippen molar-refractivity contribution in [3.8, 4) is 5.75 Å². The Morgan fingerprint density at radius 2 is 1.75 bits per heavy atom. The summed E-state index contributed by atoms with van der Waals surface area (Å²) in [6.45, 7) is 11.0. The molecule has 0 bridgehead atoms. The van der Waals surface area contributed by atoms with Gasteiger partial charge in [0.15, 0.2) is 0 Å². The van der Waals surface area contributed by atoms with Gasteiger partial charge in [0.2, 0.25) is 0 Å². The average Bonchev–Trinajstić information content (AvgIpc) is 2.43. The standard InChI is InChI=1S/C19H29NO3S/c1-18(2,3)12-19(4,5)13-9-10-15(23-17(24)20(6)7)14(11-13)16(21)22-8/h9-11H,12H2,1-8H3. The Kier molecular flexibility index (Phi) is 6.39. The highest BCUT2D eigenvalue weighted by Gasteiger charge is 2.29. The van der Waals surface area contributed by atoms with Crippen molar-refractivity contribution in [2.24, 2.45) is 5.41 Å². The Balaban J connectivity index is 3.29. The molecule has 0 N–H and O–H groups in total. The number of carbonyl (C=O) groups excluding carboxylic acids is 1. The third-order valence-corrected chi connectivity index (χ3v) is 4.15. The third-order valence-electron chi connectivity index (χ3n) is 3.70. The van der Waals surface area contributed by atoms with Crippen LogP contribution in [-0.2, 0) is 10.2 Å². The van der Waals surface area contributed by atoms with Crippen LogP contribution in [0.25, 0.3) is 0 Å². The Morgan fingerprint density at radius 3 is 2.21 bits per heavy atom. The molecular weight excluding hydrogens is 322 g/mol. The number of thiocarbonyl (C=S) groups is 1. The molecular formula is C19H29NO3S. The van der Waals surface area contributed by atoms with E-state index in [0.29, 0.717) is 16.5 Å². The molecule has 134 valence electrons. The van der Waals surface area contributed by atoms with Crippen LogP contribution in [0.15, 0.2) is 18.2 Å². The van der Waals surface area contributed by atoms with E-state index in [-0.39, 0.29) is 10.8 Å². The maximum atomic E-state index is 12.2. The summed E-state index contributed by atoms with van der Waals surface area (Å²) in [7, 11) is 4.95. The van der Waals surface area contributed by atoms with Crippen molar-refractivity contribution in [1.29, 1.82) is 0 Å². The third kappa shape index (κ3) is 5.48. The number of esters is 1. The van der Waals surface area contributed by atoms with Crippen LogP contribution in [0.3, 0.4) is 0 Å². The van der Waals surface area contributed by atoms with Crippen molar-refractivity contribution in [3.63, 3.8) is 0 Å². The summed E-state index contributed by atoms with van der Waals surface area (Å²) in [5.74, 6) is -0.0178. The van der Waals surface area contributed by atoms with Gasteiger partial charge in [-0.2, -0.15) is 0 Å². The molecule has 0 saturated heterocycles. The zero-order valence-electron chi connectivity index (χ0n) is 16.0. The van der Waals surface area contributed by atoms with Gasteiger partial charge in [-0.05, 0) is 47.2 Å². The number of hydrogen-bond donors (Lipinski definition) is 0. The van der Waals surface area contributed by atoms with Gasteiger partial charge >= 0.3 is 5.97 Å². The van der Waals surface area contributed by atoms with Crippen LogP contribution in [0, 0.1) is 5.41 Å². The lowest BCUT2D eigenvalue weighted by Crippen LogP contribution is -2.27. The fraction of sp³-hybridized carbons (Fsp3) is 0.579. The van der Waals surface area contributed by atoms with Gasteiger partial charge in [0.05, 0.1) is 7.11 Å². The molecule has 0 radical (unpaired) electrons. The van der Waals surface area contributed by atoms with Crippen molar-refractivity contribution in [2.75, 3.05) is 21.2 Å². The first-order valence-electron chi connectivity index (χ1n) is 7.99. The molecule has 0 amide bonds. The number of hydrogen-bond acceptors (Lipinski definition) is 4. The van der Waals surface area contributed by atoms with E-state index < -0.39 is 5.97 Å². The van der Waals surface area contributed by atoms with E-state index in [1.54, 1.807) is 25.1 Å². The first kappa shape index (κ1) is 20.4. The van der Waals surface area contributed by atoms with E-state index in [0.717, 1.165) is 12.0 Å². The molecule has 1 aromatic rings. The van der Waals surface area contributed by atoms with Crippen molar-refractivity contribution in [3.05, 3.63) is 29.3 Å². The van der Waals surface area contributed by atoms with E-state index in [1.807, 2.05) is 12.1 Å². The largest absolute Gasteiger partial charge is 0.465 e. The molecule has 0 unspecified atom stereocenters. The minimum Gasteiger partial charge on any atom is -0.465 e. The smallest absolute Gasteiger partial charge is 0.341 e. The molecule has 0 aromatic heterocycles. The molecule has 0 aliphatic rings. The lowest BCUT2D eigenvalue weighted by Gasteiger charge is -2.33. The molecule has 24 heavy (non-hydrogen) atoms. The van der Waals surface area contributed by atoms with Gasteiger partial charge in [0.25, 0.3) is 5.17 Å². The molecule has 1 aromatic carbocycles. The van der Waals surface area contributed by atoms with E-state index in [2.05, 4.69) is 34.6 Å². The highest BCUT2D eigenvalue weighted by atomic mass is 32.1. The zero-order valence-corrected chi connectivity index (χ0v) is 16.8. The second-order valence-corrected chi connectivity index (χ2v) is 8.44. The Morgan fingerprint density at radius 1 is 1.17 bits per heavy atom. The summed E-state index contributed by atoms with van der Waals surface area (Å²) in [4.78, 5) is 13.9. The normalized spacial score (nSPS) is 11.8. The van der Waals surface area contributed by atoms with Crippen molar-refractivity contribution in [2.45, 2.75) is 46.5 Å². The molecule has 4 nitrogen and oxygen atoms in total. The fourth-order valence-electron chi connectivity index (χ4n) is 2.92. The SMILES string of the molecule is COC(=O)c1cc(C(C)(C)CC(C)(C)C)ccc1OC(=S)N(C)C. The summed E-state index contributed by atoms with van der Waals surface area (Å²) in [5.41, 5.74) is 1.56. The van der Waals surface area contributed by atoms with Gasteiger partial charge in [-0.1, -0.05) is 40.7 Å². The van der Waals surface area contributed by atoms with Crippen molar-refractivity contribution in [1.82, 2.24) is 4.90 Å². The van der Waals surface area contributed by atoms with Crippen molar-refractivity contribution >= 4 is 23.4 Å². The molecule has 1 rings (SSSR count).